The summed E-state index contributed by atoms with van der Waals surface area (Å²) in [4.78, 5) is 20.4. The number of aryl methyl sites for hydroxylation is 1. The fraction of sp³-hybridized carbons (Fsp3) is 0.529. The number of carbonyl (C=O) groups is 1. The number of hydrogen-bond donors (Lipinski definition) is 1. The third-order valence-electron chi connectivity index (χ3n) is 5.07. The highest BCUT2D eigenvalue weighted by Gasteiger charge is 2.40. The molecule has 3 aliphatic heterocycles. The van der Waals surface area contributed by atoms with Crippen molar-refractivity contribution in [3.05, 3.63) is 28.1 Å². The summed E-state index contributed by atoms with van der Waals surface area (Å²) in [7, 11) is 0. The molecule has 7 heteroatoms. The minimum atomic E-state index is 0.0766. The molecule has 2 bridgehead atoms. The van der Waals surface area contributed by atoms with Gasteiger partial charge >= 0.3 is 0 Å². The maximum absolute atomic E-state index is 12.7. The zero-order valence-corrected chi connectivity index (χ0v) is 16.3. The van der Waals surface area contributed by atoms with Crippen LogP contribution in [0.5, 0.6) is 0 Å². The van der Waals surface area contributed by atoms with Gasteiger partial charge in [0.05, 0.1) is 9.09 Å². The largest absolute Gasteiger partial charge is 0.347 e. The molecule has 1 N–H and O–H groups in total. The van der Waals surface area contributed by atoms with E-state index < -0.39 is 0 Å². The summed E-state index contributed by atoms with van der Waals surface area (Å²) in [5.74, 6) is 0.717. The summed E-state index contributed by atoms with van der Waals surface area (Å²) in [5, 5.41) is 5.36. The first-order valence-corrected chi connectivity index (χ1v) is 10.9. The number of nitrogens with zero attached hydrogens (tertiary/aromatic N) is 2. The minimum Gasteiger partial charge on any atom is -0.347 e. The summed E-state index contributed by atoms with van der Waals surface area (Å²) in [5.41, 5.74) is 1.05. The molecule has 3 aliphatic rings. The Hall–Kier alpha value is -0.890. The molecule has 2 aromatic heterocycles. The van der Waals surface area contributed by atoms with Crippen molar-refractivity contribution in [2.75, 3.05) is 13.1 Å². The maximum Gasteiger partial charge on any atom is 0.261 e. The molecule has 4 nitrogen and oxygen atoms in total. The van der Waals surface area contributed by atoms with Crippen LogP contribution in [-0.2, 0) is 0 Å². The molecular weight excluding hydrogens is 358 g/mol. The Morgan fingerprint density at radius 2 is 2.17 bits per heavy atom. The van der Waals surface area contributed by atoms with Gasteiger partial charge in [0.25, 0.3) is 5.91 Å². The first-order valence-electron chi connectivity index (χ1n) is 8.35. The highest BCUT2D eigenvalue weighted by molar-refractivity contribution is 8.02. The molecule has 24 heavy (non-hydrogen) atoms. The van der Waals surface area contributed by atoms with Gasteiger partial charge in [-0.05, 0) is 69.6 Å². The van der Waals surface area contributed by atoms with E-state index in [1.165, 1.54) is 25.9 Å². The van der Waals surface area contributed by atoms with E-state index in [1.54, 1.807) is 34.4 Å². The molecule has 128 valence electrons. The van der Waals surface area contributed by atoms with Crippen LogP contribution in [0, 0.1) is 12.8 Å². The number of aromatic nitrogens is 1. The van der Waals surface area contributed by atoms with Gasteiger partial charge in [-0.2, -0.15) is 0 Å². The lowest BCUT2D eigenvalue weighted by molar-refractivity contribution is 0.0218. The Balaban J connectivity index is 1.41. The van der Waals surface area contributed by atoms with E-state index in [0.29, 0.717) is 18.0 Å². The summed E-state index contributed by atoms with van der Waals surface area (Å²) in [6.45, 7) is 6.62. The molecule has 0 radical (unpaired) electrons. The van der Waals surface area contributed by atoms with Crippen LogP contribution in [0.15, 0.2) is 26.1 Å². The monoisotopic (exact) mass is 379 g/mol. The normalized spacial score (nSPS) is 28.9. The Bertz CT molecular complexity index is 731. The van der Waals surface area contributed by atoms with E-state index in [0.717, 1.165) is 19.1 Å². The van der Waals surface area contributed by atoms with Crippen molar-refractivity contribution < 1.29 is 4.79 Å². The van der Waals surface area contributed by atoms with Crippen molar-refractivity contribution >= 4 is 40.3 Å². The van der Waals surface area contributed by atoms with Gasteiger partial charge in [-0.1, -0.05) is 0 Å². The van der Waals surface area contributed by atoms with Crippen molar-refractivity contribution in [1.29, 1.82) is 0 Å². The summed E-state index contributed by atoms with van der Waals surface area (Å²) < 4.78 is 2.16. The number of carbonyl (C=O) groups excluding carboxylic acids is 1. The number of amides is 1. The quantitative estimate of drug-likeness (QED) is 0.876. The minimum absolute atomic E-state index is 0.0766. The molecule has 3 saturated heterocycles. The second-order valence-corrected chi connectivity index (χ2v) is 10.1. The molecule has 2 unspecified atom stereocenters. The number of thiophene rings is 1. The SMILES string of the molecule is Cc1csc(Sc2ccc(C(=O)NC3C4CCN(CC4)C3C)s2)n1. The topological polar surface area (TPSA) is 45.2 Å². The van der Waals surface area contributed by atoms with E-state index >= 15 is 0 Å². The van der Waals surface area contributed by atoms with Crippen molar-refractivity contribution in [3.63, 3.8) is 0 Å². The van der Waals surface area contributed by atoms with Gasteiger partial charge in [-0.15, -0.1) is 22.7 Å². The summed E-state index contributed by atoms with van der Waals surface area (Å²) in [6.07, 6.45) is 2.43. The average molecular weight is 380 g/mol. The lowest BCUT2D eigenvalue weighted by Gasteiger charge is -2.49. The van der Waals surface area contributed by atoms with Gasteiger partial charge in [0.1, 0.15) is 0 Å². The van der Waals surface area contributed by atoms with Gasteiger partial charge in [-0.3, -0.25) is 9.69 Å². The molecule has 5 rings (SSSR count). The van der Waals surface area contributed by atoms with Crippen LogP contribution in [0.2, 0.25) is 0 Å². The zero-order chi connectivity index (χ0) is 16.7. The molecule has 0 saturated carbocycles. The fourth-order valence-electron chi connectivity index (χ4n) is 3.73. The summed E-state index contributed by atoms with van der Waals surface area (Å²) >= 11 is 4.85. The fourth-order valence-corrected chi connectivity index (χ4v) is 6.83. The smallest absolute Gasteiger partial charge is 0.261 e. The van der Waals surface area contributed by atoms with Crippen molar-refractivity contribution in [3.8, 4) is 0 Å². The predicted molar refractivity (Wildman–Crippen MR) is 100 cm³/mol. The zero-order valence-electron chi connectivity index (χ0n) is 13.8. The van der Waals surface area contributed by atoms with Gasteiger partial charge in [-0.25, -0.2) is 4.98 Å². The number of fused-ring (bicyclic) bond motifs is 3. The Labute approximate surface area is 154 Å². The van der Waals surface area contributed by atoms with E-state index in [-0.39, 0.29) is 5.91 Å². The van der Waals surface area contributed by atoms with Gasteiger partial charge in [0.2, 0.25) is 0 Å². The molecule has 5 heterocycles. The lowest BCUT2D eigenvalue weighted by atomic mass is 9.79. The standard InChI is InChI=1S/C17H21N3OS3/c1-10-9-22-17(18-10)24-14-4-3-13(23-14)16(21)19-15-11(2)20-7-5-12(15)6-8-20/h3-4,9,11-12,15H,5-8H2,1-2H3,(H,19,21). The van der Waals surface area contributed by atoms with Crippen molar-refractivity contribution in [1.82, 2.24) is 15.2 Å². The molecule has 1 amide bonds. The van der Waals surface area contributed by atoms with Gasteiger partial charge in [0, 0.05) is 23.2 Å². The van der Waals surface area contributed by atoms with Crippen molar-refractivity contribution in [2.24, 2.45) is 5.92 Å². The van der Waals surface area contributed by atoms with Crippen LogP contribution in [0.3, 0.4) is 0 Å². The van der Waals surface area contributed by atoms with Crippen LogP contribution in [0.1, 0.15) is 35.1 Å². The van der Waals surface area contributed by atoms with Crippen LogP contribution in [0.4, 0.5) is 0 Å². The molecule has 0 aliphatic carbocycles. The third kappa shape index (κ3) is 3.27. The highest BCUT2D eigenvalue weighted by Crippen LogP contribution is 2.36. The third-order valence-corrected chi connectivity index (χ3v) is 8.34. The van der Waals surface area contributed by atoms with E-state index in [2.05, 4.69) is 27.5 Å². The van der Waals surface area contributed by atoms with Crippen LogP contribution in [0.25, 0.3) is 0 Å². The molecule has 3 fully saturated rings. The number of thiazole rings is 1. The van der Waals surface area contributed by atoms with Gasteiger partial charge in [0.15, 0.2) is 4.34 Å². The first kappa shape index (κ1) is 16.6. The number of piperidine rings is 3. The Morgan fingerprint density at radius 3 is 2.83 bits per heavy atom. The lowest BCUT2D eigenvalue weighted by Crippen LogP contribution is -2.62. The van der Waals surface area contributed by atoms with Crippen LogP contribution in [-0.4, -0.2) is 41.0 Å². The highest BCUT2D eigenvalue weighted by atomic mass is 32.2. The second-order valence-electron chi connectivity index (χ2n) is 6.59. The maximum atomic E-state index is 12.7. The Kier molecular flexibility index (Phi) is 4.68. The molecule has 0 aromatic carbocycles. The first-order chi connectivity index (χ1) is 11.6. The molecule has 2 aromatic rings. The number of rotatable bonds is 4. The van der Waals surface area contributed by atoms with E-state index in [9.17, 15) is 4.79 Å². The molecule has 2 atom stereocenters. The Morgan fingerprint density at radius 1 is 1.38 bits per heavy atom. The number of hydrogen-bond acceptors (Lipinski definition) is 6. The van der Waals surface area contributed by atoms with Crippen LogP contribution < -0.4 is 5.32 Å². The molecule has 0 spiro atoms. The molecular formula is C17H21N3OS3. The summed E-state index contributed by atoms with van der Waals surface area (Å²) in [6, 6.07) is 4.71. The second kappa shape index (κ2) is 6.78. The van der Waals surface area contributed by atoms with E-state index in [1.807, 2.05) is 19.1 Å². The average Bonchev–Trinajstić information content (AvgIpc) is 3.21. The van der Waals surface area contributed by atoms with E-state index in [4.69, 9.17) is 0 Å². The van der Waals surface area contributed by atoms with Gasteiger partial charge < -0.3 is 5.32 Å². The van der Waals surface area contributed by atoms with Crippen LogP contribution >= 0.6 is 34.4 Å². The number of nitrogens with one attached hydrogen (secondary N) is 1. The van der Waals surface area contributed by atoms with Crippen molar-refractivity contribution in [2.45, 2.75) is 47.3 Å². The predicted octanol–water partition coefficient (Wildman–Crippen LogP) is 3.88.